The number of halogens is 1. The number of methoxy groups -OCH3 is 1. The first-order valence-corrected chi connectivity index (χ1v) is 11.1. The van der Waals surface area contributed by atoms with Crippen LogP contribution in [0.4, 0.5) is 15.8 Å². The zero-order chi connectivity index (χ0) is 25.7. The van der Waals surface area contributed by atoms with E-state index in [4.69, 9.17) is 9.47 Å². The molecular formula is C27H25FN4O4. The van der Waals surface area contributed by atoms with Crippen LogP contribution in [0.1, 0.15) is 21.7 Å². The van der Waals surface area contributed by atoms with Gasteiger partial charge in [0.1, 0.15) is 5.82 Å². The highest BCUT2D eigenvalue weighted by Crippen LogP contribution is 2.29. The number of anilines is 2. The largest absolute Gasteiger partial charge is 0.493 e. The number of hydrogen-bond acceptors (Lipinski definition) is 5. The zero-order valence-electron chi connectivity index (χ0n) is 20.0. The summed E-state index contributed by atoms with van der Waals surface area (Å²) in [5.74, 6) is -0.564. The Bertz CT molecular complexity index is 1390. The molecule has 0 aliphatic rings. The second kappa shape index (κ2) is 10.7. The zero-order valence-corrected chi connectivity index (χ0v) is 20.0. The van der Waals surface area contributed by atoms with Crippen molar-refractivity contribution in [2.45, 2.75) is 13.8 Å². The Balaban J connectivity index is 1.43. The number of aryl methyl sites for hydroxylation is 1. The average molecular weight is 489 g/mol. The van der Waals surface area contributed by atoms with Gasteiger partial charge in [-0.25, -0.2) is 9.07 Å². The molecule has 0 atom stereocenters. The Morgan fingerprint density at radius 3 is 2.36 bits per heavy atom. The van der Waals surface area contributed by atoms with Crippen LogP contribution in [-0.2, 0) is 4.79 Å². The van der Waals surface area contributed by atoms with Gasteiger partial charge >= 0.3 is 0 Å². The second-order valence-corrected chi connectivity index (χ2v) is 7.96. The van der Waals surface area contributed by atoms with Crippen LogP contribution in [0.25, 0.3) is 5.69 Å². The van der Waals surface area contributed by atoms with E-state index >= 15 is 0 Å². The first kappa shape index (κ1) is 24.5. The van der Waals surface area contributed by atoms with E-state index < -0.39 is 11.7 Å². The summed E-state index contributed by atoms with van der Waals surface area (Å²) in [6.45, 7) is 3.42. The maximum absolute atomic E-state index is 13.0. The fourth-order valence-electron chi connectivity index (χ4n) is 3.63. The number of ether oxygens (including phenoxy) is 2. The molecule has 0 aliphatic heterocycles. The summed E-state index contributed by atoms with van der Waals surface area (Å²) in [7, 11) is 1.45. The van der Waals surface area contributed by atoms with E-state index in [0.29, 0.717) is 34.1 Å². The Hall–Kier alpha value is -4.66. The summed E-state index contributed by atoms with van der Waals surface area (Å²) in [6, 6.07) is 19.7. The van der Waals surface area contributed by atoms with Crippen molar-refractivity contribution < 1.29 is 23.5 Å². The molecule has 1 heterocycles. The third-order valence-corrected chi connectivity index (χ3v) is 5.44. The molecule has 0 unspecified atom stereocenters. The highest BCUT2D eigenvalue weighted by atomic mass is 19.1. The van der Waals surface area contributed by atoms with Crippen LogP contribution in [0.3, 0.4) is 0 Å². The lowest BCUT2D eigenvalue weighted by Gasteiger charge is -2.13. The van der Waals surface area contributed by atoms with Crippen molar-refractivity contribution >= 4 is 23.2 Å². The second-order valence-electron chi connectivity index (χ2n) is 7.96. The maximum Gasteiger partial charge on any atom is 0.262 e. The third-order valence-electron chi connectivity index (χ3n) is 5.44. The highest BCUT2D eigenvalue weighted by molar-refractivity contribution is 6.05. The predicted molar refractivity (Wildman–Crippen MR) is 135 cm³/mol. The number of carbonyl (C=O) groups excluding carboxylic acids is 2. The minimum atomic E-state index is -0.424. The smallest absolute Gasteiger partial charge is 0.262 e. The van der Waals surface area contributed by atoms with Crippen LogP contribution in [-0.4, -0.2) is 35.3 Å². The summed E-state index contributed by atoms with van der Waals surface area (Å²) < 4.78 is 25.7. The molecule has 8 nitrogen and oxygen atoms in total. The molecule has 3 aromatic carbocycles. The van der Waals surface area contributed by atoms with E-state index in [0.717, 1.165) is 11.4 Å². The summed E-state index contributed by atoms with van der Waals surface area (Å²) in [4.78, 5) is 25.2. The van der Waals surface area contributed by atoms with Gasteiger partial charge in [0.25, 0.3) is 11.8 Å². The molecule has 9 heteroatoms. The van der Waals surface area contributed by atoms with Gasteiger partial charge in [0.05, 0.1) is 29.9 Å². The molecule has 1 aromatic heterocycles. The fourth-order valence-corrected chi connectivity index (χ4v) is 3.63. The van der Waals surface area contributed by atoms with Gasteiger partial charge < -0.3 is 20.1 Å². The van der Waals surface area contributed by atoms with E-state index in [2.05, 4.69) is 15.7 Å². The molecule has 0 fully saturated rings. The third kappa shape index (κ3) is 5.52. The Morgan fingerprint density at radius 1 is 0.944 bits per heavy atom. The van der Waals surface area contributed by atoms with Gasteiger partial charge in [-0.2, -0.15) is 5.10 Å². The van der Waals surface area contributed by atoms with Crippen LogP contribution in [0.5, 0.6) is 11.5 Å². The molecule has 0 bridgehead atoms. The molecule has 0 saturated heterocycles. The Labute approximate surface area is 207 Å². The fraction of sp³-hybridized carbons (Fsp3) is 0.148. The van der Waals surface area contributed by atoms with Crippen molar-refractivity contribution in [3.8, 4) is 17.2 Å². The first-order chi connectivity index (χ1) is 17.4. The molecule has 2 N–H and O–H groups in total. The lowest BCUT2D eigenvalue weighted by atomic mass is 10.1. The number of amides is 2. The number of aromatic nitrogens is 2. The molecular weight excluding hydrogens is 463 g/mol. The summed E-state index contributed by atoms with van der Waals surface area (Å²) >= 11 is 0. The van der Waals surface area contributed by atoms with E-state index in [1.807, 2.05) is 44.2 Å². The van der Waals surface area contributed by atoms with E-state index in [9.17, 15) is 14.0 Å². The Morgan fingerprint density at radius 2 is 1.67 bits per heavy atom. The minimum Gasteiger partial charge on any atom is -0.493 e. The van der Waals surface area contributed by atoms with Gasteiger partial charge in [-0.1, -0.05) is 18.2 Å². The Kier molecular flexibility index (Phi) is 7.29. The molecule has 4 aromatic rings. The molecule has 36 heavy (non-hydrogen) atoms. The molecule has 2 amide bonds. The van der Waals surface area contributed by atoms with Crippen LogP contribution < -0.4 is 20.1 Å². The van der Waals surface area contributed by atoms with Gasteiger partial charge in [-0.05, 0) is 68.4 Å². The summed E-state index contributed by atoms with van der Waals surface area (Å²) in [6.07, 6.45) is 0. The molecule has 0 spiro atoms. The highest BCUT2D eigenvalue weighted by Gasteiger charge is 2.18. The van der Waals surface area contributed by atoms with Crippen LogP contribution in [0, 0.1) is 19.7 Å². The lowest BCUT2D eigenvalue weighted by molar-refractivity contribution is -0.118. The van der Waals surface area contributed by atoms with Crippen molar-refractivity contribution in [1.82, 2.24) is 9.78 Å². The summed E-state index contributed by atoms with van der Waals surface area (Å²) in [5.41, 5.74) is 3.80. The summed E-state index contributed by atoms with van der Waals surface area (Å²) in [5, 5.41) is 10.1. The molecule has 0 aliphatic carbocycles. The van der Waals surface area contributed by atoms with Crippen LogP contribution >= 0.6 is 0 Å². The first-order valence-electron chi connectivity index (χ1n) is 11.1. The average Bonchev–Trinajstić information content (AvgIpc) is 3.17. The van der Waals surface area contributed by atoms with Gasteiger partial charge in [0, 0.05) is 11.3 Å². The van der Waals surface area contributed by atoms with Crippen molar-refractivity contribution in [3.63, 3.8) is 0 Å². The maximum atomic E-state index is 13.0. The van der Waals surface area contributed by atoms with Gasteiger partial charge in [-0.3, -0.25) is 9.59 Å². The van der Waals surface area contributed by atoms with Gasteiger partial charge in [0.2, 0.25) is 0 Å². The molecule has 0 radical (unpaired) electrons. The number of hydrogen-bond donors (Lipinski definition) is 2. The quantitative estimate of drug-likeness (QED) is 0.368. The SMILES string of the molecule is COc1cc(C(=O)Nc2c(C)nn(-c3ccccc3)c2C)ccc1OCC(=O)Nc1ccc(F)cc1. The van der Waals surface area contributed by atoms with Crippen molar-refractivity contribution in [2.24, 2.45) is 0 Å². The van der Waals surface area contributed by atoms with Crippen molar-refractivity contribution in [3.05, 3.63) is 95.6 Å². The molecule has 184 valence electrons. The number of nitrogens with zero attached hydrogens (tertiary/aromatic N) is 2. The number of rotatable bonds is 8. The molecule has 0 saturated carbocycles. The lowest BCUT2D eigenvalue weighted by Crippen LogP contribution is -2.20. The van der Waals surface area contributed by atoms with E-state index in [1.165, 1.54) is 37.4 Å². The topological polar surface area (TPSA) is 94.5 Å². The number of benzene rings is 3. The van der Waals surface area contributed by atoms with E-state index in [1.54, 1.807) is 16.8 Å². The van der Waals surface area contributed by atoms with Crippen molar-refractivity contribution in [2.75, 3.05) is 24.4 Å². The normalized spacial score (nSPS) is 10.6. The number of nitrogens with one attached hydrogen (secondary N) is 2. The van der Waals surface area contributed by atoms with Crippen LogP contribution in [0.15, 0.2) is 72.8 Å². The molecule has 4 rings (SSSR count). The van der Waals surface area contributed by atoms with Gasteiger partial charge in [0.15, 0.2) is 18.1 Å². The van der Waals surface area contributed by atoms with E-state index in [-0.39, 0.29) is 12.5 Å². The standard InChI is InChI=1S/C27H25FN4O4/c1-17-26(18(2)32(31-17)22-7-5-4-6-8-22)30-27(34)19-9-14-23(24(15-19)35-3)36-16-25(33)29-21-12-10-20(28)11-13-21/h4-15H,16H2,1-3H3,(H,29,33)(H,30,34). The minimum absolute atomic E-state index is 0.295. The van der Waals surface area contributed by atoms with Crippen molar-refractivity contribution in [1.29, 1.82) is 0 Å². The number of carbonyl (C=O) groups is 2. The van der Waals surface area contributed by atoms with Crippen LogP contribution in [0.2, 0.25) is 0 Å². The monoisotopic (exact) mass is 488 g/mol. The van der Waals surface area contributed by atoms with Gasteiger partial charge in [-0.15, -0.1) is 0 Å². The predicted octanol–water partition coefficient (Wildman–Crippen LogP) is 4.91. The number of para-hydroxylation sites is 1.